The van der Waals surface area contributed by atoms with Gasteiger partial charge in [0.05, 0.1) is 12.7 Å². The van der Waals surface area contributed by atoms with E-state index in [4.69, 9.17) is 10.00 Å². The Morgan fingerprint density at radius 1 is 1.47 bits per heavy atom. The summed E-state index contributed by atoms with van der Waals surface area (Å²) < 4.78 is 4.72. The first-order valence-corrected chi connectivity index (χ1v) is 4.90. The number of carbonyl (C=O) groups excluding carboxylic acids is 2. The Kier molecular flexibility index (Phi) is 6.11. The summed E-state index contributed by atoms with van der Waals surface area (Å²) in [6, 6.07) is 1.84. The maximum absolute atomic E-state index is 11.5. The van der Waals surface area contributed by atoms with Crippen LogP contribution in [-0.2, 0) is 14.3 Å². The number of nitrogens with zero attached hydrogens (tertiary/aromatic N) is 2. The van der Waals surface area contributed by atoms with Gasteiger partial charge in [0.1, 0.15) is 12.5 Å². The van der Waals surface area contributed by atoms with E-state index in [9.17, 15) is 9.59 Å². The summed E-state index contributed by atoms with van der Waals surface area (Å²) in [5.41, 5.74) is 0. The highest BCUT2D eigenvalue weighted by Gasteiger charge is 2.21. The lowest BCUT2D eigenvalue weighted by Gasteiger charge is -2.20. The topological polar surface area (TPSA) is 70.4 Å². The molecule has 0 rings (SSSR count). The van der Waals surface area contributed by atoms with Crippen molar-refractivity contribution >= 4 is 11.9 Å². The summed E-state index contributed by atoms with van der Waals surface area (Å²) in [6.07, 6.45) is 0. The molecule has 0 saturated carbocycles. The second kappa shape index (κ2) is 6.82. The Balaban J connectivity index is 4.32. The molecule has 1 unspecified atom stereocenters. The minimum Gasteiger partial charge on any atom is -0.465 e. The van der Waals surface area contributed by atoms with E-state index >= 15 is 0 Å². The molecule has 0 aromatic heterocycles. The summed E-state index contributed by atoms with van der Waals surface area (Å²) in [4.78, 5) is 24.0. The van der Waals surface area contributed by atoms with E-state index in [1.54, 1.807) is 13.8 Å². The summed E-state index contributed by atoms with van der Waals surface area (Å²) in [5.74, 6) is -1.51. The normalized spacial score (nSPS) is 11.3. The van der Waals surface area contributed by atoms with Crippen LogP contribution in [0.15, 0.2) is 0 Å². The fraction of sp³-hybridized carbons (Fsp3) is 0.700. The highest BCUT2D eigenvalue weighted by atomic mass is 16.5. The molecule has 1 amide bonds. The molecular formula is C10H16N2O3. The van der Waals surface area contributed by atoms with Gasteiger partial charge in [-0.25, -0.2) is 0 Å². The van der Waals surface area contributed by atoms with Crippen LogP contribution in [0, 0.1) is 17.2 Å². The quantitative estimate of drug-likeness (QED) is 0.624. The molecule has 0 spiro atoms. The van der Waals surface area contributed by atoms with Gasteiger partial charge in [0, 0.05) is 6.54 Å². The van der Waals surface area contributed by atoms with Crippen molar-refractivity contribution in [2.24, 2.45) is 5.92 Å². The molecule has 0 heterocycles. The standard InChI is InChI=1S/C10H16N2O3/c1-4-12(7-9(13)15-5-2)10(14)8(3)6-11/h8H,4-5,7H2,1-3H3. The molecule has 5 nitrogen and oxygen atoms in total. The first-order chi connectivity index (χ1) is 7.06. The average Bonchev–Trinajstić information content (AvgIpc) is 2.24. The van der Waals surface area contributed by atoms with E-state index in [2.05, 4.69) is 0 Å². The van der Waals surface area contributed by atoms with Gasteiger partial charge in [-0.3, -0.25) is 9.59 Å². The van der Waals surface area contributed by atoms with Crippen molar-refractivity contribution in [3.05, 3.63) is 0 Å². The van der Waals surface area contributed by atoms with E-state index in [1.807, 2.05) is 6.07 Å². The molecule has 0 aliphatic carbocycles. The minimum atomic E-state index is -0.723. The van der Waals surface area contributed by atoms with Gasteiger partial charge >= 0.3 is 5.97 Å². The molecule has 84 valence electrons. The van der Waals surface area contributed by atoms with Crippen LogP contribution in [0.2, 0.25) is 0 Å². The van der Waals surface area contributed by atoms with Crippen LogP contribution >= 0.6 is 0 Å². The Labute approximate surface area is 89.6 Å². The average molecular weight is 212 g/mol. The van der Waals surface area contributed by atoms with Crippen LogP contribution in [0.3, 0.4) is 0 Å². The van der Waals surface area contributed by atoms with Crippen LogP contribution in [0.4, 0.5) is 0 Å². The van der Waals surface area contributed by atoms with Crippen LogP contribution < -0.4 is 0 Å². The van der Waals surface area contributed by atoms with Gasteiger partial charge < -0.3 is 9.64 Å². The van der Waals surface area contributed by atoms with E-state index in [0.29, 0.717) is 13.2 Å². The molecule has 0 saturated heterocycles. The smallest absolute Gasteiger partial charge is 0.325 e. The summed E-state index contributed by atoms with van der Waals surface area (Å²) in [6.45, 7) is 5.56. The number of rotatable bonds is 5. The summed E-state index contributed by atoms with van der Waals surface area (Å²) >= 11 is 0. The first-order valence-electron chi connectivity index (χ1n) is 4.90. The third-order valence-electron chi connectivity index (χ3n) is 1.88. The lowest BCUT2D eigenvalue weighted by Crippen LogP contribution is -2.39. The largest absolute Gasteiger partial charge is 0.465 e. The molecule has 0 aromatic carbocycles. The van der Waals surface area contributed by atoms with Crippen LogP contribution in [0.25, 0.3) is 0 Å². The fourth-order valence-corrected chi connectivity index (χ4v) is 1.04. The molecule has 1 atom stereocenters. The third kappa shape index (κ3) is 4.45. The third-order valence-corrected chi connectivity index (χ3v) is 1.88. The second-order valence-electron chi connectivity index (χ2n) is 3.01. The maximum Gasteiger partial charge on any atom is 0.325 e. The van der Waals surface area contributed by atoms with Crippen LogP contribution in [0.1, 0.15) is 20.8 Å². The lowest BCUT2D eigenvalue weighted by atomic mass is 10.2. The van der Waals surface area contributed by atoms with Crippen LogP contribution in [0.5, 0.6) is 0 Å². The maximum atomic E-state index is 11.5. The number of carbonyl (C=O) groups is 2. The number of hydrogen-bond acceptors (Lipinski definition) is 4. The summed E-state index contributed by atoms with van der Waals surface area (Å²) in [7, 11) is 0. The number of likely N-dealkylation sites (N-methyl/N-ethyl adjacent to an activating group) is 1. The Morgan fingerprint density at radius 3 is 2.47 bits per heavy atom. The molecule has 0 radical (unpaired) electrons. The highest BCUT2D eigenvalue weighted by Crippen LogP contribution is 2.01. The van der Waals surface area contributed by atoms with Crippen molar-refractivity contribution in [2.75, 3.05) is 19.7 Å². The molecular weight excluding hydrogens is 196 g/mol. The molecule has 0 aliphatic heterocycles. The highest BCUT2D eigenvalue weighted by molar-refractivity contribution is 5.84. The molecule has 0 aliphatic rings. The molecule has 0 N–H and O–H groups in total. The zero-order valence-corrected chi connectivity index (χ0v) is 9.32. The van der Waals surface area contributed by atoms with E-state index in [-0.39, 0.29) is 12.5 Å². The van der Waals surface area contributed by atoms with Gasteiger partial charge in [-0.2, -0.15) is 5.26 Å². The van der Waals surface area contributed by atoms with Gasteiger partial charge in [-0.15, -0.1) is 0 Å². The zero-order valence-electron chi connectivity index (χ0n) is 9.32. The number of nitriles is 1. The van der Waals surface area contributed by atoms with Gasteiger partial charge in [-0.1, -0.05) is 0 Å². The Hall–Kier alpha value is -1.57. The van der Waals surface area contributed by atoms with Crippen molar-refractivity contribution in [2.45, 2.75) is 20.8 Å². The molecule has 0 bridgehead atoms. The molecule has 0 fully saturated rings. The summed E-state index contributed by atoms with van der Waals surface area (Å²) in [5, 5.41) is 8.57. The lowest BCUT2D eigenvalue weighted by molar-refractivity contribution is -0.149. The SMILES string of the molecule is CCOC(=O)CN(CC)C(=O)C(C)C#N. The number of hydrogen-bond donors (Lipinski definition) is 0. The van der Waals surface area contributed by atoms with Crippen molar-refractivity contribution in [3.8, 4) is 6.07 Å². The Morgan fingerprint density at radius 2 is 2.07 bits per heavy atom. The van der Waals surface area contributed by atoms with Crippen molar-refractivity contribution in [1.29, 1.82) is 5.26 Å². The zero-order chi connectivity index (χ0) is 11.8. The van der Waals surface area contributed by atoms with Gasteiger partial charge in [0.15, 0.2) is 0 Å². The predicted molar refractivity (Wildman–Crippen MR) is 53.7 cm³/mol. The number of ether oxygens (including phenoxy) is 1. The Bertz CT molecular complexity index is 270. The molecule has 15 heavy (non-hydrogen) atoms. The fourth-order valence-electron chi connectivity index (χ4n) is 1.04. The van der Waals surface area contributed by atoms with Gasteiger partial charge in [0.25, 0.3) is 0 Å². The van der Waals surface area contributed by atoms with Crippen molar-refractivity contribution in [1.82, 2.24) is 4.90 Å². The predicted octanol–water partition coefficient (Wildman–Crippen LogP) is 0.558. The monoisotopic (exact) mass is 212 g/mol. The van der Waals surface area contributed by atoms with Crippen LogP contribution in [-0.4, -0.2) is 36.5 Å². The van der Waals surface area contributed by atoms with E-state index in [1.165, 1.54) is 11.8 Å². The number of esters is 1. The second-order valence-corrected chi connectivity index (χ2v) is 3.01. The van der Waals surface area contributed by atoms with Crippen molar-refractivity contribution < 1.29 is 14.3 Å². The molecule has 0 aromatic rings. The number of amides is 1. The van der Waals surface area contributed by atoms with Crippen molar-refractivity contribution in [3.63, 3.8) is 0 Å². The van der Waals surface area contributed by atoms with E-state index in [0.717, 1.165) is 0 Å². The first kappa shape index (κ1) is 13.4. The molecule has 5 heteroatoms. The minimum absolute atomic E-state index is 0.0881. The van der Waals surface area contributed by atoms with E-state index < -0.39 is 11.9 Å². The van der Waals surface area contributed by atoms with Gasteiger partial charge in [-0.05, 0) is 20.8 Å². The van der Waals surface area contributed by atoms with Gasteiger partial charge in [0.2, 0.25) is 5.91 Å².